The largest absolute Gasteiger partial charge is 0.467 e. The van der Waals surface area contributed by atoms with Crippen LogP contribution in [0.2, 0.25) is 0 Å². The highest BCUT2D eigenvalue weighted by molar-refractivity contribution is 6.04. The third kappa shape index (κ3) is 3.50. The van der Waals surface area contributed by atoms with Gasteiger partial charge in [0.2, 0.25) is 0 Å². The lowest BCUT2D eigenvalue weighted by molar-refractivity contribution is 0.0942. The second-order valence-electron chi connectivity index (χ2n) is 6.10. The molecule has 1 N–H and O–H groups in total. The van der Waals surface area contributed by atoms with Crippen LogP contribution in [0.15, 0.2) is 82.2 Å². The molecule has 27 heavy (non-hydrogen) atoms. The van der Waals surface area contributed by atoms with Crippen molar-refractivity contribution >= 4 is 16.7 Å². The molecule has 0 radical (unpaired) electrons. The molecule has 2 heterocycles. The van der Waals surface area contributed by atoms with Crippen molar-refractivity contribution in [3.05, 3.63) is 100 Å². The number of carbonyl (C=O) groups excluding carboxylic acids is 1. The van der Waals surface area contributed by atoms with E-state index in [2.05, 4.69) is 10.4 Å². The summed E-state index contributed by atoms with van der Waals surface area (Å²) >= 11 is 0. The summed E-state index contributed by atoms with van der Waals surface area (Å²) in [5, 5.41) is 8.15. The summed E-state index contributed by atoms with van der Waals surface area (Å²) in [7, 11) is 0. The average Bonchev–Trinajstić information content (AvgIpc) is 3.23. The standard InChI is InChI=1S/C21H17N3O3/c25-20(22-13-16-9-6-12-27-16)19-17-10-4-5-11-18(17)21(26)24(23-19)14-15-7-2-1-3-8-15/h1-12H,13-14H2,(H,22,25). The number of nitrogens with one attached hydrogen (secondary N) is 1. The highest BCUT2D eigenvalue weighted by atomic mass is 16.3. The zero-order valence-corrected chi connectivity index (χ0v) is 14.5. The van der Waals surface area contributed by atoms with Gasteiger partial charge in [0.1, 0.15) is 5.76 Å². The Kier molecular flexibility index (Phi) is 4.53. The normalized spacial score (nSPS) is 10.8. The summed E-state index contributed by atoms with van der Waals surface area (Å²) in [4.78, 5) is 25.5. The van der Waals surface area contributed by atoms with E-state index in [1.165, 1.54) is 4.68 Å². The van der Waals surface area contributed by atoms with E-state index in [0.717, 1.165) is 5.56 Å². The Labute approximate surface area is 155 Å². The minimum atomic E-state index is -0.357. The number of aromatic nitrogens is 2. The Morgan fingerprint density at radius 2 is 1.70 bits per heavy atom. The van der Waals surface area contributed by atoms with Crippen molar-refractivity contribution in [3.8, 4) is 0 Å². The SMILES string of the molecule is O=C(NCc1ccco1)c1nn(Cc2ccccc2)c(=O)c2ccccc12. The van der Waals surface area contributed by atoms with Crippen molar-refractivity contribution in [1.29, 1.82) is 0 Å². The van der Waals surface area contributed by atoms with E-state index in [-0.39, 0.29) is 23.7 Å². The summed E-state index contributed by atoms with van der Waals surface area (Å²) in [5.74, 6) is 0.287. The highest BCUT2D eigenvalue weighted by Crippen LogP contribution is 2.14. The fourth-order valence-corrected chi connectivity index (χ4v) is 2.93. The van der Waals surface area contributed by atoms with Gasteiger partial charge < -0.3 is 9.73 Å². The first-order valence-electron chi connectivity index (χ1n) is 8.57. The summed E-state index contributed by atoms with van der Waals surface area (Å²) in [6.07, 6.45) is 1.55. The monoisotopic (exact) mass is 359 g/mol. The molecule has 0 saturated heterocycles. The van der Waals surface area contributed by atoms with Crippen LogP contribution in [0.4, 0.5) is 0 Å². The third-order valence-corrected chi connectivity index (χ3v) is 4.26. The van der Waals surface area contributed by atoms with Crippen LogP contribution in [0.25, 0.3) is 10.8 Å². The van der Waals surface area contributed by atoms with E-state index in [1.54, 1.807) is 42.7 Å². The molecule has 134 valence electrons. The minimum Gasteiger partial charge on any atom is -0.467 e. The molecule has 0 fully saturated rings. The van der Waals surface area contributed by atoms with Crippen molar-refractivity contribution in [3.63, 3.8) is 0 Å². The molecule has 4 rings (SSSR count). The Bertz CT molecular complexity index is 1130. The average molecular weight is 359 g/mol. The molecule has 0 spiro atoms. The lowest BCUT2D eigenvalue weighted by Gasteiger charge is -2.11. The zero-order valence-electron chi connectivity index (χ0n) is 14.5. The van der Waals surface area contributed by atoms with E-state index in [1.807, 2.05) is 30.3 Å². The summed E-state index contributed by atoms with van der Waals surface area (Å²) in [6.45, 7) is 0.544. The predicted molar refractivity (Wildman–Crippen MR) is 101 cm³/mol. The first-order chi connectivity index (χ1) is 13.2. The smallest absolute Gasteiger partial charge is 0.274 e. The summed E-state index contributed by atoms with van der Waals surface area (Å²) in [5.41, 5.74) is 0.925. The molecule has 0 aliphatic carbocycles. The fraction of sp³-hybridized carbons (Fsp3) is 0.0952. The molecular formula is C21H17N3O3. The van der Waals surface area contributed by atoms with E-state index < -0.39 is 0 Å². The van der Waals surface area contributed by atoms with Gasteiger partial charge >= 0.3 is 0 Å². The van der Waals surface area contributed by atoms with E-state index in [4.69, 9.17) is 4.42 Å². The number of benzene rings is 2. The van der Waals surface area contributed by atoms with Crippen LogP contribution < -0.4 is 10.9 Å². The molecule has 0 atom stereocenters. The molecule has 0 saturated carbocycles. The number of hydrogen-bond acceptors (Lipinski definition) is 4. The van der Waals surface area contributed by atoms with Crippen molar-refractivity contribution in [1.82, 2.24) is 15.1 Å². The lowest BCUT2D eigenvalue weighted by Crippen LogP contribution is -2.30. The molecule has 0 aliphatic heterocycles. The molecule has 2 aromatic carbocycles. The van der Waals surface area contributed by atoms with Gasteiger partial charge in [-0.1, -0.05) is 48.5 Å². The second kappa shape index (κ2) is 7.29. The third-order valence-electron chi connectivity index (χ3n) is 4.26. The van der Waals surface area contributed by atoms with Crippen LogP contribution >= 0.6 is 0 Å². The molecule has 1 amide bonds. The van der Waals surface area contributed by atoms with Crippen molar-refractivity contribution in [2.24, 2.45) is 0 Å². The first-order valence-corrected chi connectivity index (χ1v) is 8.57. The Morgan fingerprint density at radius 3 is 2.44 bits per heavy atom. The molecule has 0 unspecified atom stereocenters. The van der Waals surface area contributed by atoms with Gasteiger partial charge in [-0.15, -0.1) is 0 Å². The van der Waals surface area contributed by atoms with Gasteiger partial charge in [-0.05, 0) is 23.8 Å². The minimum absolute atomic E-state index is 0.215. The fourth-order valence-electron chi connectivity index (χ4n) is 2.93. The van der Waals surface area contributed by atoms with Gasteiger partial charge in [-0.25, -0.2) is 4.68 Å². The lowest BCUT2D eigenvalue weighted by atomic mass is 10.1. The molecule has 6 nitrogen and oxygen atoms in total. The molecule has 2 aromatic heterocycles. The number of hydrogen-bond donors (Lipinski definition) is 1. The van der Waals surface area contributed by atoms with Gasteiger partial charge in [-0.2, -0.15) is 5.10 Å². The zero-order chi connectivity index (χ0) is 18.6. The molecule has 4 aromatic rings. The van der Waals surface area contributed by atoms with Crippen LogP contribution in [0.3, 0.4) is 0 Å². The van der Waals surface area contributed by atoms with Crippen LogP contribution in [0.1, 0.15) is 21.8 Å². The second-order valence-corrected chi connectivity index (χ2v) is 6.10. The maximum atomic E-state index is 12.8. The van der Waals surface area contributed by atoms with Crippen LogP contribution in [0, 0.1) is 0 Å². The number of rotatable bonds is 5. The topological polar surface area (TPSA) is 77.1 Å². The van der Waals surface area contributed by atoms with Gasteiger partial charge in [-0.3, -0.25) is 9.59 Å². The molecule has 0 aliphatic rings. The van der Waals surface area contributed by atoms with Gasteiger partial charge in [0.15, 0.2) is 5.69 Å². The van der Waals surface area contributed by atoms with Crippen LogP contribution in [-0.2, 0) is 13.1 Å². The van der Waals surface area contributed by atoms with Gasteiger partial charge in [0.05, 0.1) is 24.7 Å². The first kappa shape index (κ1) is 16.8. The Hall–Kier alpha value is -3.67. The van der Waals surface area contributed by atoms with Gasteiger partial charge in [0, 0.05) is 5.39 Å². The molecular weight excluding hydrogens is 342 g/mol. The number of fused-ring (bicyclic) bond motifs is 1. The number of carbonyl (C=O) groups is 1. The van der Waals surface area contributed by atoms with E-state index in [9.17, 15) is 9.59 Å². The van der Waals surface area contributed by atoms with Crippen LogP contribution in [0.5, 0.6) is 0 Å². The Balaban J connectivity index is 1.73. The predicted octanol–water partition coefficient (Wildman–Crippen LogP) is 2.97. The van der Waals surface area contributed by atoms with E-state index in [0.29, 0.717) is 23.1 Å². The molecule has 6 heteroatoms. The summed E-state index contributed by atoms with van der Waals surface area (Å²) in [6, 6.07) is 20.1. The van der Waals surface area contributed by atoms with Gasteiger partial charge in [0.25, 0.3) is 11.5 Å². The number of nitrogens with zero attached hydrogens (tertiary/aromatic N) is 2. The maximum absolute atomic E-state index is 12.8. The van der Waals surface area contributed by atoms with Crippen LogP contribution in [-0.4, -0.2) is 15.7 Å². The number of amides is 1. The van der Waals surface area contributed by atoms with E-state index >= 15 is 0 Å². The quantitative estimate of drug-likeness (QED) is 0.594. The molecule has 0 bridgehead atoms. The van der Waals surface area contributed by atoms with Crippen molar-refractivity contribution in [2.45, 2.75) is 13.1 Å². The van der Waals surface area contributed by atoms with Crippen molar-refractivity contribution < 1.29 is 9.21 Å². The van der Waals surface area contributed by atoms with Crippen molar-refractivity contribution in [2.75, 3.05) is 0 Å². The number of furan rings is 1. The summed E-state index contributed by atoms with van der Waals surface area (Å²) < 4.78 is 6.57. The maximum Gasteiger partial charge on any atom is 0.274 e. The Morgan fingerprint density at radius 1 is 0.963 bits per heavy atom. The highest BCUT2D eigenvalue weighted by Gasteiger charge is 2.17.